The van der Waals surface area contributed by atoms with Gasteiger partial charge in [-0.05, 0) is 24.5 Å². The molecule has 2 aromatic carbocycles. The summed E-state index contributed by atoms with van der Waals surface area (Å²) in [5.41, 5.74) is 1.92. The van der Waals surface area contributed by atoms with Crippen molar-refractivity contribution in [3.8, 4) is 0 Å². The number of alkyl halides is 2. The molecule has 0 heterocycles. The summed E-state index contributed by atoms with van der Waals surface area (Å²) in [7, 11) is 0. The zero-order valence-electron chi connectivity index (χ0n) is 13.7. The number of hydrogen-bond donors (Lipinski definition) is 0. The molecule has 0 amide bonds. The van der Waals surface area contributed by atoms with Crippen LogP contribution in [0.25, 0.3) is 6.08 Å². The first-order valence-corrected chi connectivity index (χ1v) is 9.90. The lowest BCUT2D eigenvalue weighted by molar-refractivity contribution is -0.385. The Bertz CT molecular complexity index is 954. The van der Waals surface area contributed by atoms with Gasteiger partial charge in [0, 0.05) is 17.5 Å². The molecule has 26 heavy (non-hydrogen) atoms. The minimum atomic E-state index is -0.554. The Morgan fingerprint density at radius 1 is 1.12 bits per heavy atom. The van der Waals surface area contributed by atoms with Gasteiger partial charge < -0.3 is 0 Å². The molecule has 132 valence electrons. The molecule has 0 N–H and O–H groups in total. The normalized spacial score (nSPS) is 26.1. The van der Waals surface area contributed by atoms with E-state index in [1.165, 1.54) is 6.07 Å². The van der Waals surface area contributed by atoms with E-state index >= 15 is 0 Å². The average Bonchev–Trinajstić information content (AvgIpc) is 3.11. The van der Waals surface area contributed by atoms with Crippen LogP contribution in [0.15, 0.2) is 54.6 Å². The van der Waals surface area contributed by atoms with E-state index in [1.807, 2.05) is 30.3 Å². The first-order valence-electron chi connectivity index (χ1n) is 8.32. The molecule has 0 aromatic heterocycles. The third-order valence-electron chi connectivity index (χ3n) is 5.49. The number of para-hydroxylation sites is 1. The summed E-state index contributed by atoms with van der Waals surface area (Å²) in [6, 6.07) is 14.4. The minimum Gasteiger partial charge on any atom is -0.293 e. The van der Waals surface area contributed by atoms with Crippen molar-refractivity contribution in [3.63, 3.8) is 0 Å². The Morgan fingerprint density at radius 3 is 2.58 bits per heavy atom. The molecule has 0 radical (unpaired) electrons. The molecule has 0 saturated heterocycles. The topological polar surface area (TPSA) is 60.2 Å². The van der Waals surface area contributed by atoms with Crippen molar-refractivity contribution < 1.29 is 9.72 Å². The van der Waals surface area contributed by atoms with Crippen molar-refractivity contribution in [2.75, 3.05) is 0 Å². The van der Waals surface area contributed by atoms with Gasteiger partial charge in [-0.15, -0.1) is 0 Å². The summed E-state index contributed by atoms with van der Waals surface area (Å²) in [6.45, 7) is 0. The van der Waals surface area contributed by atoms with Gasteiger partial charge >= 0.3 is 0 Å². The molecule has 4 rings (SSSR count). The minimum absolute atomic E-state index is 0.0634. The third-order valence-corrected chi connectivity index (χ3v) is 7.89. The first-order chi connectivity index (χ1) is 12.4. The molecule has 2 aliphatic rings. The van der Waals surface area contributed by atoms with Gasteiger partial charge in [-0.1, -0.05) is 80.4 Å². The summed E-state index contributed by atoms with van der Waals surface area (Å²) < 4.78 is -0.516. The number of nitro groups is 1. The van der Waals surface area contributed by atoms with E-state index in [1.54, 1.807) is 24.3 Å². The maximum atomic E-state index is 13.2. The number of allylic oxidation sites excluding steroid dienone is 1. The lowest BCUT2D eigenvalue weighted by Gasteiger charge is -2.25. The SMILES string of the molecule is O=C1c2ccccc2CC[C@]12[C@@H](/C=C/c1ccccc1[N+](=O)[O-])C2(Br)Br. The van der Waals surface area contributed by atoms with Gasteiger partial charge in [0.1, 0.15) is 3.23 Å². The highest BCUT2D eigenvalue weighted by molar-refractivity contribution is 9.25. The fraction of sp³-hybridized carbons (Fsp3) is 0.250. The highest BCUT2D eigenvalue weighted by Gasteiger charge is 2.77. The molecule has 2 aromatic rings. The highest BCUT2D eigenvalue weighted by atomic mass is 79.9. The summed E-state index contributed by atoms with van der Waals surface area (Å²) in [5, 5.41) is 11.2. The van der Waals surface area contributed by atoms with Crippen LogP contribution in [-0.4, -0.2) is 13.9 Å². The third kappa shape index (κ3) is 2.42. The summed E-state index contributed by atoms with van der Waals surface area (Å²) >= 11 is 7.39. The lowest BCUT2D eigenvalue weighted by Crippen LogP contribution is -2.28. The number of carbonyl (C=O) groups excluding carboxylic acids is 1. The number of fused-ring (bicyclic) bond motifs is 1. The van der Waals surface area contributed by atoms with E-state index in [4.69, 9.17) is 0 Å². The number of ketones is 1. The predicted octanol–water partition coefficient (Wildman–Crippen LogP) is 5.54. The van der Waals surface area contributed by atoms with Crippen molar-refractivity contribution in [3.05, 3.63) is 81.4 Å². The zero-order valence-corrected chi connectivity index (χ0v) is 16.9. The molecule has 1 spiro atoms. The fourth-order valence-corrected chi connectivity index (χ4v) is 6.13. The Balaban J connectivity index is 1.68. The summed E-state index contributed by atoms with van der Waals surface area (Å²) in [6.07, 6.45) is 5.25. The molecule has 0 unspecified atom stereocenters. The number of Topliss-reactive ketones (excluding diaryl/α,β-unsaturated/α-hetero) is 1. The molecule has 6 heteroatoms. The van der Waals surface area contributed by atoms with Gasteiger partial charge in [0.05, 0.1) is 15.9 Å². The van der Waals surface area contributed by atoms with Crippen molar-refractivity contribution in [1.29, 1.82) is 0 Å². The Kier molecular flexibility index (Phi) is 4.15. The molecule has 0 bridgehead atoms. The molecule has 1 saturated carbocycles. The van der Waals surface area contributed by atoms with Gasteiger partial charge in [0.25, 0.3) is 5.69 Å². The van der Waals surface area contributed by atoms with Crippen LogP contribution < -0.4 is 0 Å². The van der Waals surface area contributed by atoms with Gasteiger partial charge in [0.2, 0.25) is 0 Å². The zero-order chi connectivity index (χ0) is 18.5. The van der Waals surface area contributed by atoms with Gasteiger partial charge in [-0.25, -0.2) is 0 Å². The van der Waals surface area contributed by atoms with Crippen LogP contribution in [0.5, 0.6) is 0 Å². The van der Waals surface area contributed by atoms with Gasteiger partial charge in [-0.3, -0.25) is 14.9 Å². The van der Waals surface area contributed by atoms with Crippen LogP contribution in [-0.2, 0) is 6.42 Å². The van der Waals surface area contributed by atoms with Gasteiger partial charge in [0.15, 0.2) is 5.78 Å². The highest BCUT2D eigenvalue weighted by Crippen LogP contribution is 2.75. The van der Waals surface area contributed by atoms with Crippen LogP contribution in [0.3, 0.4) is 0 Å². The number of nitrogens with zero attached hydrogens (tertiary/aromatic N) is 1. The van der Waals surface area contributed by atoms with Crippen molar-refractivity contribution in [2.24, 2.45) is 11.3 Å². The Labute approximate surface area is 167 Å². The quantitative estimate of drug-likeness (QED) is 0.332. The number of halogens is 2. The first kappa shape index (κ1) is 17.6. The van der Waals surface area contributed by atoms with Crippen molar-refractivity contribution >= 4 is 49.4 Å². The van der Waals surface area contributed by atoms with E-state index in [2.05, 4.69) is 31.9 Å². The number of benzene rings is 2. The van der Waals surface area contributed by atoms with Crippen LogP contribution in [0.2, 0.25) is 0 Å². The maximum Gasteiger partial charge on any atom is 0.276 e. The molecular weight excluding hydrogens is 462 g/mol. The second-order valence-corrected chi connectivity index (χ2v) is 10.3. The molecule has 0 aliphatic heterocycles. The summed E-state index contributed by atoms with van der Waals surface area (Å²) in [4.78, 5) is 24.0. The summed E-state index contributed by atoms with van der Waals surface area (Å²) in [5.74, 6) is 0.0565. The van der Waals surface area contributed by atoms with E-state index in [9.17, 15) is 14.9 Å². The van der Waals surface area contributed by atoms with Crippen molar-refractivity contribution in [1.82, 2.24) is 0 Å². The molecule has 2 aliphatic carbocycles. The largest absolute Gasteiger partial charge is 0.293 e. The fourth-order valence-electron chi connectivity index (χ4n) is 4.03. The smallest absolute Gasteiger partial charge is 0.276 e. The van der Waals surface area contributed by atoms with E-state index < -0.39 is 8.65 Å². The molecule has 2 atom stereocenters. The molecular formula is C20H15Br2NO3. The van der Waals surface area contributed by atoms with Crippen LogP contribution in [0.1, 0.15) is 27.9 Å². The Morgan fingerprint density at radius 2 is 1.81 bits per heavy atom. The predicted molar refractivity (Wildman–Crippen MR) is 108 cm³/mol. The number of aryl methyl sites for hydroxylation is 1. The number of rotatable bonds is 3. The number of nitro benzene ring substituents is 1. The monoisotopic (exact) mass is 475 g/mol. The van der Waals surface area contributed by atoms with Crippen LogP contribution in [0.4, 0.5) is 5.69 Å². The Hall–Kier alpha value is -1.79. The standard InChI is InChI=1S/C20H15Br2NO3/c21-20(22)17(10-9-14-6-2-4-8-16(14)23(25)26)19(20)12-11-13-5-1-3-7-15(13)18(19)24/h1-10,17H,11-12H2/b10-9+/t17-,19+/m1/s1. The van der Waals surface area contributed by atoms with Gasteiger partial charge in [-0.2, -0.15) is 0 Å². The van der Waals surface area contributed by atoms with Crippen LogP contribution in [0, 0.1) is 21.4 Å². The average molecular weight is 477 g/mol. The van der Waals surface area contributed by atoms with Crippen molar-refractivity contribution in [2.45, 2.75) is 16.1 Å². The molecule has 1 fully saturated rings. The molecule has 4 nitrogen and oxygen atoms in total. The van der Waals surface area contributed by atoms with E-state index in [0.717, 1.165) is 24.0 Å². The van der Waals surface area contributed by atoms with E-state index in [-0.39, 0.29) is 22.3 Å². The van der Waals surface area contributed by atoms with E-state index in [0.29, 0.717) is 5.56 Å². The second-order valence-electron chi connectivity index (χ2n) is 6.73. The maximum absolute atomic E-state index is 13.2. The second kappa shape index (κ2) is 6.13. The number of carbonyl (C=O) groups is 1. The lowest BCUT2D eigenvalue weighted by atomic mass is 9.79. The number of hydrogen-bond acceptors (Lipinski definition) is 3. The van der Waals surface area contributed by atoms with Crippen LogP contribution >= 0.6 is 31.9 Å².